The molecule has 0 fully saturated rings. The maximum absolute atomic E-state index is 10.3. The Balaban J connectivity index is 2.47. The van der Waals surface area contributed by atoms with E-state index in [2.05, 4.69) is 24.4 Å². The topological polar surface area (TPSA) is 49.3 Å². The number of nitrogens with one attached hydrogen (secondary N) is 1. The quantitative estimate of drug-likeness (QED) is 0.722. The highest BCUT2D eigenvalue weighted by Gasteiger charge is 2.05. The van der Waals surface area contributed by atoms with Gasteiger partial charge in [0.05, 0.1) is 0 Å². The van der Waals surface area contributed by atoms with E-state index < -0.39 is 5.97 Å². The van der Waals surface area contributed by atoms with Gasteiger partial charge in [0.2, 0.25) is 0 Å². The number of rotatable bonds is 6. The fourth-order valence-corrected chi connectivity index (χ4v) is 1.55. The number of aliphatic carboxylic acids is 1. The van der Waals surface area contributed by atoms with E-state index in [4.69, 9.17) is 5.11 Å². The Morgan fingerprint density at radius 2 is 2.12 bits per heavy atom. The zero-order valence-electron chi connectivity index (χ0n) is 9.39. The smallest absolute Gasteiger partial charge is 0.328 e. The van der Waals surface area contributed by atoms with E-state index >= 15 is 0 Å². The molecule has 0 bridgehead atoms. The van der Waals surface area contributed by atoms with Gasteiger partial charge in [-0.2, -0.15) is 0 Å². The van der Waals surface area contributed by atoms with Gasteiger partial charge >= 0.3 is 5.97 Å². The van der Waals surface area contributed by atoms with Crippen LogP contribution in [0.2, 0.25) is 0 Å². The summed E-state index contributed by atoms with van der Waals surface area (Å²) >= 11 is 0. The van der Waals surface area contributed by atoms with Crippen LogP contribution in [0.4, 0.5) is 0 Å². The van der Waals surface area contributed by atoms with Gasteiger partial charge in [0, 0.05) is 18.7 Å². The number of carboxylic acid groups (broad SMARTS) is 1. The molecule has 0 radical (unpaired) electrons. The molecule has 1 unspecified atom stereocenters. The van der Waals surface area contributed by atoms with E-state index in [0.29, 0.717) is 6.54 Å². The summed E-state index contributed by atoms with van der Waals surface area (Å²) in [6, 6.07) is 10.4. The number of carboxylic acids is 1. The van der Waals surface area contributed by atoms with Crippen molar-refractivity contribution >= 4 is 5.97 Å². The summed E-state index contributed by atoms with van der Waals surface area (Å²) in [6.45, 7) is 2.67. The molecular formula is C13H17NO2. The highest BCUT2D eigenvalue weighted by atomic mass is 16.4. The zero-order valence-corrected chi connectivity index (χ0v) is 9.39. The van der Waals surface area contributed by atoms with Gasteiger partial charge in [0.15, 0.2) is 0 Å². The Bertz CT molecular complexity index is 346. The summed E-state index contributed by atoms with van der Waals surface area (Å²) in [5.41, 5.74) is 1.23. The molecule has 1 rings (SSSR count). The summed E-state index contributed by atoms with van der Waals surface area (Å²) in [6.07, 6.45) is 3.75. The zero-order chi connectivity index (χ0) is 11.8. The number of benzene rings is 1. The fraction of sp³-hybridized carbons (Fsp3) is 0.308. The molecule has 1 aromatic rings. The molecule has 0 heterocycles. The third-order valence-corrected chi connectivity index (χ3v) is 2.35. The van der Waals surface area contributed by atoms with Crippen molar-refractivity contribution in [3.05, 3.63) is 48.0 Å². The lowest BCUT2D eigenvalue weighted by atomic mass is 10.0. The maximum Gasteiger partial charge on any atom is 0.328 e. The van der Waals surface area contributed by atoms with Crippen LogP contribution in [0.1, 0.15) is 24.9 Å². The molecular weight excluding hydrogens is 202 g/mol. The standard InChI is InChI=1S/C13H17NO2/c1-2-12(11-7-4-3-5-8-11)14-10-6-9-13(15)16/h3-9,12,14H,2,10H2,1H3,(H,15,16)/b9-6+. The third-order valence-electron chi connectivity index (χ3n) is 2.35. The van der Waals surface area contributed by atoms with Gasteiger partial charge in [-0.05, 0) is 12.0 Å². The molecule has 0 aromatic heterocycles. The first-order valence-corrected chi connectivity index (χ1v) is 5.41. The molecule has 0 saturated heterocycles. The lowest BCUT2D eigenvalue weighted by Gasteiger charge is -2.15. The Kier molecular flexibility index (Phi) is 5.29. The highest BCUT2D eigenvalue weighted by Crippen LogP contribution is 2.15. The van der Waals surface area contributed by atoms with Gasteiger partial charge in [-0.3, -0.25) is 0 Å². The lowest BCUT2D eigenvalue weighted by Crippen LogP contribution is -2.20. The van der Waals surface area contributed by atoms with Crippen LogP contribution in [0.25, 0.3) is 0 Å². The SMILES string of the molecule is CCC(NC/C=C/C(=O)O)c1ccccc1. The van der Waals surface area contributed by atoms with Crippen LogP contribution in [0.15, 0.2) is 42.5 Å². The first-order valence-electron chi connectivity index (χ1n) is 5.41. The van der Waals surface area contributed by atoms with Crippen molar-refractivity contribution in [2.45, 2.75) is 19.4 Å². The highest BCUT2D eigenvalue weighted by molar-refractivity contribution is 5.79. The molecule has 0 aliphatic rings. The summed E-state index contributed by atoms with van der Waals surface area (Å²) in [5, 5.41) is 11.7. The first-order chi connectivity index (χ1) is 7.74. The van der Waals surface area contributed by atoms with E-state index in [1.165, 1.54) is 5.56 Å². The van der Waals surface area contributed by atoms with E-state index in [0.717, 1.165) is 12.5 Å². The van der Waals surface area contributed by atoms with E-state index in [-0.39, 0.29) is 6.04 Å². The second-order valence-corrected chi connectivity index (χ2v) is 3.52. The maximum atomic E-state index is 10.3. The molecule has 3 nitrogen and oxygen atoms in total. The van der Waals surface area contributed by atoms with Crippen LogP contribution in [-0.2, 0) is 4.79 Å². The van der Waals surface area contributed by atoms with Gasteiger partial charge in [-0.1, -0.05) is 43.3 Å². The van der Waals surface area contributed by atoms with E-state index in [1.807, 2.05) is 18.2 Å². The van der Waals surface area contributed by atoms with Gasteiger partial charge in [0.1, 0.15) is 0 Å². The van der Waals surface area contributed by atoms with Crippen molar-refractivity contribution in [2.24, 2.45) is 0 Å². The molecule has 1 aromatic carbocycles. The molecule has 1 atom stereocenters. The van der Waals surface area contributed by atoms with E-state index in [9.17, 15) is 4.79 Å². The van der Waals surface area contributed by atoms with Crippen LogP contribution < -0.4 is 5.32 Å². The molecule has 0 aliphatic carbocycles. The summed E-state index contributed by atoms with van der Waals surface area (Å²) in [4.78, 5) is 10.3. The van der Waals surface area contributed by atoms with Crippen LogP contribution in [0, 0.1) is 0 Å². The summed E-state index contributed by atoms with van der Waals surface area (Å²) in [7, 11) is 0. The molecule has 0 amide bonds. The minimum atomic E-state index is -0.908. The largest absolute Gasteiger partial charge is 0.478 e. The monoisotopic (exact) mass is 219 g/mol. The Labute approximate surface area is 95.8 Å². The average molecular weight is 219 g/mol. The Morgan fingerprint density at radius 3 is 2.69 bits per heavy atom. The van der Waals surface area contributed by atoms with Crippen molar-refractivity contribution in [2.75, 3.05) is 6.54 Å². The second kappa shape index (κ2) is 6.80. The van der Waals surface area contributed by atoms with Crippen LogP contribution >= 0.6 is 0 Å². The van der Waals surface area contributed by atoms with Gasteiger partial charge in [0.25, 0.3) is 0 Å². The molecule has 3 heteroatoms. The predicted molar refractivity (Wildman–Crippen MR) is 64.3 cm³/mol. The van der Waals surface area contributed by atoms with Crippen molar-refractivity contribution in [1.29, 1.82) is 0 Å². The number of hydrogen-bond donors (Lipinski definition) is 2. The van der Waals surface area contributed by atoms with Gasteiger partial charge in [-0.15, -0.1) is 0 Å². The minimum Gasteiger partial charge on any atom is -0.478 e. The number of carbonyl (C=O) groups is 1. The lowest BCUT2D eigenvalue weighted by molar-refractivity contribution is -0.131. The molecule has 16 heavy (non-hydrogen) atoms. The van der Waals surface area contributed by atoms with Crippen molar-refractivity contribution in [3.8, 4) is 0 Å². The average Bonchev–Trinajstić information content (AvgIpc) is 2.30. The van der Waals surface area contributed by atoms with Gasteiger partial charge < -0.3 is 10.4 Å². The minimum absolute atomic E-state index is 0.277. The van der Waals surface area contributed by atoms with Crippen LogP contribution in [0.5, 0.6) is 0 Å². The van der Waals surface area contributed by atoms with Crippen LogP contribution in [0.3, 0.4) is 0 Å². The molecule has 0 aliphatic heterocycles. The molecule has 2 N–H and O–H groups in total. The second-order valence-electron chi connectivity index (χ2n) is 3.52. The Morgan fingerprint density at radius 1 is 1.44 bits per heavy atom. The third kappa shape index (κ3) is 4.28. The predicted octanol–water partition coefficient (Wildman–Crippen LogP) is 2.37. The Hall–Kier alpha value is -1.61. The molecule has 0 saturated carbocycles. The van der Waals surface area contributed by atoms with Crippen LogP contribution in [-0.4, -0.2) is 17.6 Å². The summed E-state index contributed by atoms with van der Waals surface area (Å²) < 4.78 is 0. The van der Waals surface area contributed by atoms with Gasteiger partial charge in [-0.25, -0.2) is 4.79 Å². The fourth-order valence-electron chi connectivity index (χ4n) is 1.55. The van der Waals surface area contributed by atoms with Crippen molar-refractivity contribution in [3.63, 3.8) is 0 Å². The molecule has 86 valence electrons. The van der Waals surface area contributed by atoms with Crippen molar-refractivity contribution in [1.82, 2.24) is 5.32 Å². The van der Waals surface area contributed by atoms with E-state index in [1.54, 1.807) is 6.08 Å². The summed E-state index contributed by atoms with van der Waals surface area (Å²) in [5.74, 6) is -0.908. The van der Waals surface area contributed by atoms with Crippen molar-refractivity contribution < 1.29 is 9.90 Å². The molecule has 0 spiro atoms. The number of hydrogen-bond acceptors (Lipinski definition) is 2. The normalized spacial score (nSPS) is 12.8. The first kappa shape index (κ1) is 12.5.